The van der Waals surface area contributed by atoms with Gasteiger partial charge in [0.25, 0.3) is 5.91 Å². The normalized spacial score (nSPS) is 10.9. The second kappa shape index (κ2) is 5.09. The summed E-state index contributed by atoms with van der Waals surface area (Å²) < 4.78 is 42.9. The number of rotatable bonds is 2. The first kappa shape index (κ1) is 13.7. The molecule has 20 heavy (non-hydrogen) atoms. The Morgan fingerprint density at radius 1 is 1.30 bits per heavy atom. The van der Waals surface area contributed by atoms with Gasteiger partial charge in [0.2, 0.25) is 0 Å². The molecule has 7 heteroatoms. The van der Waals surface area contributed by atoms with E-state index in [-0.39, 0.29) is 11.3 Å². The van der Waals surface area contributed by atoms with Gasteiger partial charge in [0.05, 0.1) is 29.0 Å². The van der Waals surface area contributed by atoms with Crippen LogP contribution in [0, 0.1) is 11.3 Å². The van der Waals surface area contributed by atoms with Crippen LogP contribution >= 0.6 is 0 Å². The highest BCUT2D eigenvalue weighted by atomic mass is 19.4. The predicted octanol–water partition coefficient (Wildman–Crippen LogP) is 3.42. The summed E-state index contributed by atoms with van der Waals surface area (Å²) in [5.74, 6) is -0.600. The van der Waals surface area contributed by atoms with Gasteiger partial charge in [-0.2, -0.15) is 18.4 Å². The van der Waals surface area contributed by atoms with E-state index < -0.39 is 23.2 Å². The molecule has 1 N–H and O–H groups in total. The molecule has 2 aromatic rings. The van der Waals surface area contributed by atoms with Crippen LogP contribution in [0.2, 0.25) is 0 Å². The number of nitrogens with one attached hydrogen (secondary N) is 1. The molecule has 0 saturated carbocycles. The highest BCUT2D eigenvalue weighted by Gasteiger charge is 2.34. The molecule has 0 aliphatic carbocycles. The number of alkyl halides is 3. The van der Waals surface area contributed by atoms with Gasteiger partial charge in [-0.1, -0.05) is 0 Å². The molecule has 1 heterocycles. The Kier molecular flexibility index (Phi) is 3.48. The Bertz CT molecular complexity index is 670. The Balaban J connectivity index is 2.31. The van der Waals surface area contributed by atoms with E-state index in [2.05, 4.69) is 5.32 Å². The van der Waals surface area contributed by atoms with Gasteiger partial charge in [-0.3, -0.25) is 4.79 Å². The molecule has 0 saturated heterocycles. The zero-order chi connectivity index (χ0) is 14.8. The average Bonchev–Trinajstić information content (AvgIpc) is 2.91. The molecule has 1 aromatic carbocycles. The van der Waals surface area contributed by atoms with Crippen LogP contribution in [0.5, 0.6) is 0 Å². The van der Waals surface area contributed by atoms with Gasteiger partial charge in [0.1, 0.15) is 6.26 Å². The highest BCUT2D eigenvalue weighted by Crippen LogP contribution is 2.33. The number of hydrogen-bond acceptors (Lipinski definition) is 3. The fraction of sp³-hybridized carbons (Fsp3) is 0.0769. The molecule has 0 fully saturated rings. The minimum absolute atomic E-state index is 0.0532. The number of halogens is 3. The number of benzene rings is 1. The van der Waals surface area contributed by atoms with E-state index in [4.69, 9.17) is 9.68 Å². The van der Waals surface area contributed by atoms with Crippen molar-refractivity contribution < 1.29 is 22.4 Å². The van der Waals surface area contributed by atoms with Crippen LogP contribution < -0.4 is 5.32 Å². The summed E-state index contributed by atoms with van der Waals surface area (Å²) in [6.45, 7) is 0. The Morgan fingerprint density at radius 3 is 2.60 bits per heavy atom. The van der Waals surface area contributed by atoms with Crippen LogP contribution in [-0.4, -0.2) is 5.91 Å². The number of carbonyl (C=O) groups excluding carboxylic acids is 1. The largest absolute Gasteiger partial charge is 0.472 e. The molecule has 0 aliphatic rings. The van der Waals surface area contributed by atoms with Crippen molar-refractivity contribution in [2.45, 2.75) is 6.18 Å². The molecular weight excluding hydrogens is 273 g/mol. The van der Waals surface area contributed by atoms with Gasteiger partial charge in [0.15, 0.2) is 0 Å². The smallest absolute Gasteiger partial charge is 0.417 e. The number of amides is 1. The van der Waals surface area contributed by atoms with Crippen LogP contribution in [0.1, 0.15) is 21.5 Å². The van der Waals surface area contributed by atoms with Crippen LogP contribution in [0.3, 0.4) is 0 Å². The summed E-state index contributed by atoms with van der Waals surface area (Å²) in [6.07, 6.45) is -2.22. The molecule has 0 atom stereocenters. The Morgan fingerprint density at radius 2 is 2.05 bits per heavy atom. The van der Waals surface area contributed by atoms with Gasteiger partial charge in [-0.15, -0.1) is 0 Å². The van der Waals surface area contributed by atoms with E-state index in [1.807, 2.05) is 0 Å². The molecule has 0 aliphatic heterocycles. The summed E-state index contributed by atoms with van der Waals surface area (Å²) in [4.78, 5) is 11.7. The van der Waals surface area contributed by atoms with Gasteiger partial charge in [-0.05, 0) is 24.3 Å². The van der Waals surface area contributed by atoms with Crippen molar-refractivity contribution in [3.63, 3.8) is 0 Å². The lowest BCUT2D eigenvalue weighted by Crippen LogP contribution is -2.13. The number of nitriles is 1. The lowest BCUT2D eigenvalue weighted by molar-refractivity contribution is -0.137. The highest BCUT2D eigenvalue weighted by molar-refractivity contribution is 6.04. The number of hydrogen-bond donors (Lipinski definition) is 1. The molecule has 2 rings (SSSR count). The second-order valence-corrected chi connectivity index (χ2v) is 3.84. The zero-order valence-corrected chi connectivity index (χ0v) is 9.86. The molecule has 4 nitrogen and oxygen atoms in total. The van der Waals surface area contributed by atoms with Crippen LogP contribution in [0.15, 0.2) is 41.2 Å². The van der Waals surface area contributed by atoms with Crippen LogP contribution in [0.4, 0.5) is 18.9 Å². The Labute approximate surface area is 111 Å². The average molecular weight is 280 g/mol. The van der Waals surface area contributed by atoms with E-state index in [1.54, 1.807) is 0 Å². The first-order valence-corrected chi connectivity index (χ1v) is 5.36. The van der Waals surface area contributed by atoms with Gasteiger partial charge >= 0.3 is 6.18 Å². The SMILES string of the molecule is N#Cc1ccc(NC(=O)c2ccoc2)cc1C(F)(F)F. The van der Waals surface area contributed by atoms with Gasteiger partial charge in [-0.25, -0.2) is 0 Å². The Hall–Kier alpha value is -2.75. The monoisotopic (exact) mass is 280 g/mol. The summed E-state index contributed by atoms with van der Waals surface area (Å²) >= 11 is 0. The fourth-order valence-electron chi connectivity index (χ4n) is 1.55. The lowest BCUT2D eigenvalue weighted by Gasteiger charge is -2.11. The van der Waals surface area contributed by atoms with Crippen molar-refractivity contribution in [3.05, 3.63) is 53.5 Å². The lowest BCUT2D eigenvalue weighted by atomic mass is 10.1. The van der Waals surface area contributed by atoms with E-state index in [0.29, 0.717) is 0 Å². The van der Waals surface area contributed by atoms with E-state index in [0.717, 1.165) is 12.1 Å². The molecule has 0 radical (unpaired) electrons. The van der Waals surface area contributed by atoms with Crippen molar-refractivity contribution in [2.24, 2.45) is 0 Å². The molecule has 1 amide bonds. The van der Waals surface area contributed by atoms with Crippen molar-refractivity contribution in [3.8, 4) is 6.07 Å². The number of nitrogens with zero attached hydrogens (tertiary/aromatic N) is 1. The molecule has 1 aromatic heterocycles. The molecule has 0 unspecified atom stereocenters. The summed E-state index contributed by atoms with van der Waals surface area (Å²) in [7, 11) is 0. The van der Waals surface area contributed by atoms with E-state index in [9.17, 15) is 18.0 Å². The topological polar surface area (TPSA) is 66.0 Å². The quantitative estimate of drug-likeness (QED) is 0.916. The van der Waals surface area contributed by atoms with Crippen molar-refractivity contribution in [2.75, 3.05) is 5.32 Å². The van der Waals surface area contributed by atoms with Gasteiger partial charge < -0.3 is 9.73 Å². The standard InChI is InChI=1S/C13H7F3N2O2/c14-13(15,16)11-5-10(2-1-8(11)6-17)18-12(19)9-3-4-20-7-9/h1-5,7H,(H,18,19). The van der Waals surface area contributed by atoms with E-state index >= 15 is 0 Å². The molecule has 0 bridgehead atoms. The number of carbonyl (C=O) groups is 1. The maximum atomic E-state index is 12.7. The molecule has 102 valence electrons. The van der Waals surface area contributed by atoms with E-state index in [1.165, 1.54) is 30.7 Å². The molecular formula is C13H7F3N2O2. The maximum absolute atomic E-state index is 12.7. The fourth-order valence-corrected chi connectivity index (χ4v) is 1.55. The number of furan rings is 1. The molecule has 0 spiro atoms. The van der Waals surface area contributed by atoms with Crippen LogP contribution in [-0.2, 0) is 6.18 Å². The minimum Gasteiger partial charge on any atom is -0.472 e. The summed E-state index contributed by atoms with van der Waals surface area (Å²) in [5, 5.41) is 11.0. The third-order valence-corrected chi connectivity index (χ3v) is 2.49. The van der Waals surface area contributed by atoms with Gasteiger partial charge in [0, 0.05) is 5.69 Å². The zero-order valence-electron chi connectivity index (χ0n) is 9.86. The summed E-state index contributed by atoms with van der Waals surface area (Å²) in [6, 6.07) is 5.80. The summed E-state index contributed by atoms with van der Waals surface area (Å²) in [5.41, 5.74) is -1.46. The number of anilines is 1. The van der Waals surface area contributed by atoms with Crippen molar-refractivity contribution in [1.82, 2.24) is 0 Å². The van der Waals surface area contributed by atoms with Crippen LogP contribution in [0.25, 0.3) is 0 Å². The predicted molar refractivity (Wildman–Crippen MR) is 62.8 cm³/mol. The van der Waals surface area contributed by atoms with Crippen molar-refractivity contribution in [1.29, 1.82) is 5.26 Å². The first-order valence-electron chi connectivity index (χ1n) is 5.36. The third kappa shape index (κ3) is 2.80. The van der Waals surface area contributed by atoms with Crippen molar-refractivity contribution >= 4 is 11.6 Å². The third-order valence-electron chi connectivity index (χ3n) is 2.49. The second-order valence-electron chi connectivity index (χ2n) is 3.84. The maximum Gasteiger partial charge on any atom is 0.417 e. The minimum atomic E-state index is -4.67. The first-order chi connectivity index (χ1) is 9.41.